The number of hydrogen-bond acceptors (Lipinski definition) is 4. The Morgan fingerprint density at radius 2 is 1.77 bits per heavy atom. The third kappa shape index (κ3) is 5.41. The summed E-state index contributed by atoms with van der Waals surface area (Å²) in [6, 6.07) is 14.2. The van der Waals surface area contributed by atoms with E-state index in [0.29, 0.717) is 23.4 Å². The van der Waals surface area contributed by atoms with Crippen molar-refractivity contribution in [2.75, 3.05) is 35.6 Å². The summed E-state index contributed by atoms with van der Waals surface area (Å²) < 4.78 is 0. The van der Waals surface area contributed by atoms with E-state index in [2.05, 4.69) is 5.32 Å². The fraction of sp³-hybridized carbons (Fsp3) is 0.263. The first kappa shape index (κ1) is 20.1. The molecule has 0 aromatic heterocycles. The maximum atomic E-state index is 12.3. The average molecular weight is 392 g/mol. The van der Waals surface area contributed by atoms with Gasteiger partial charge in [-0.3, -0.25) is 9.59 Å². The second-order valence-corrected chi connectivity index (χ2v) is 7.17. The van der Waals surface area contributed by atoms with Crippen molar-refractivity contribution in [1.29, 1.82) is 0 Å². The number of anilines is 2. The van der Waals surface area contributed by atoms with Gasteiger partial charge in [0.1, 0.15) is 0 Å². The smallest absolute Gasteiger partial charge is 0.255 e. The third-order valence-electron chi connectivity index (χ3n) is 4.08. The average Bonchev–Trinajstić information content (AvgIpc) is 2.64. The summed E-state index contributed by atoms with van der Waals surface area (Å²) in [5.41, 5.74) is 8.41. The molecule has 1 aliphatic heterocycles. The molecule has 2 amide bonds. The van der Waals surface area contributed by atoms with Crippen molar-refractivity contribution in [1.82, 2.24) is 4.90 Å². The van der Waals surface area contributed by atoms with E-state index in [1.807, 2.05) is 40.9 Å². The maximum absolute atomic E-state index is 12.3. The topological polar surface area (TPSA) is 75.4 Å². The molecule has 0 bridgehead atoms. The molecule has 0 aliphatic carbocycles. The van der Waals surface area contributed by atoms with Crippen molar-refractivity contribution in [3.05, 3.63) is 59.7 Å². The molecular weight excluding hydrogens is 370 g/mol. The molecule has 0 radical (unpaired) electrons. The van der Waals surface area contributed by atoms with Gasteiger partial charge in [0.25, 0.3) is 5.91 Å². The first-order valence-corrected chi connectivity index (χ1v) is 9.38. The summed E-state index contributed by atoms with van der Waals surface area (Å²) in [4.78, 5) is 26.4. The molecule has 2 aromatic rings. The van der Waals surface area contributed by atoms with Crippen LogP contribution in [0.3, 0.4) is 0 Å². The lowest BCUT2D eigenvalue weighted by Crippen LogP contribution is -2.38. The zero-order valence-electron chi connectivity index (χ0n) is 14.3. The molecule has 0 unspecified atom stereocenters. The number of nitrogen functional groups attached to an aromatic ring is 1. The Hall–Kier alpha value is -2.18. The molecule has 1 heterocycles. The summed E-state index contributed by atoms with van der Waals surface area (Å²) in [5.74, 6) is 1.99. The monoisotopic (exact) mass is 391 g/mol. The van der Waals surface area contributed by atoms with E-state index in [-0.39, 0.29) is 24.2 Å². The van der Waals surface area contributed by atoms with E-state index >= 15 is 0 Å². The molecular formula is C19H22ClN3O2S. The number of carbonyl (C=O) groups is 2. The van der Waals surface area contributed by atoms with Gasteiger partial charge in [-0.25, -0.2) is 0 Å². The number of hydrogen-bond donors (Lipinski definition) is 2. The summed E-state index contributed by atoms with van der Waals surface area (Å²) >= 11 is 1.89. The molecule has 7 heteroatoms. The molecule has 138 valence electrons. The highest BCUT2D eigenvalue weighted by Crippen LogP contribution is 2.15. The number of nitrogens with one attached hydrogen (secondary N) is 1. The van der Waals surface area contributed by atoms with E-state index in [0.717, 1.165) is 30.2 Å². The lowest BCUT2D eigenvalue weighted by atomic mass is 10.1. The molecule has 2 aromatic carbocycles. The minimum atomic E-state index is -0.207. The fourth-order valence-corrected chi connectivity index (χ4v) is 3.59. The second kappa shape index (κ2) is 9.50. The van der Waals surface area contributed by atoms with Crippen LogP contribution in [0.2, 0.25) is 0 Å². The van der Waals surface area contributed by atoms with E-state index < -0.39 is 0 Å². The standard InChI is InChI=1S/C19H21N3O2S.ClH/c20-16-3-1-2-15(13-16)19(24)21-17-6-4-14(5-7-17)12-18(23)22-8-10-25-11-9-22;/h1-7,13H,8-12,20H2,(H,21,24);1H. The number of halogens is 1. The summed E-state index contributed by atoms with van der Waals surface area (Å²) in [7, 11) is 0. The Balaban J connectivity index is 0.00000243. The minimum Gasteiger partial charge on any atom is -0.399 e. The van der Waals surface area contributed by atoms with Crippen LogP contribution in [0.25, 0.3) is 0 Å². The SMILES string of the molecule is Cl.Nc1cccc(C(=O)Nc2ccc(CC(=O)N3CCSCC3)cc2)c1. The second-order valence-electron chi connectivity index (χ2n) is 5.95. The zero-order chi connectivity index (χ0) is 17.6. The number of nitrogens with two attached hydrogens (primary N) is 1. The highest BCUT2D eigenvalue weighted by molar-refractivity contribution is 7.99. The van der Waals surface area contributed by atoms with Crippen molar-refractivity contribution < 1.29 is 9.59 Å². The van der Waals surface area contributed by atoms with Gasteiger partial charge < -0.3 is 16.0 Å². The van der Waals surface area contributed by atoms with Crippen LogP contribution >= 0.6 is 24.2 Å². The van der Waals surface area contributed by atoms with Crippen LogP contribution < -0.4 is 11.1 Å². The van der Waals surface area contributed by atoms with Crippen molar-refractivity contribution >= 4 is 47.4 Å². The molecule has 1 saturated heterocycles. The number of nitrogens with zero attached hydrogens (tertiary/aromatic N) is 1. The van der Waals surface area contributed by atoms with Crippen molar-refractivity contribution in [3.8, 4) is 0 Å². The summed E-state index contributed by atoms with van der Waals surface area (Å²) in [5, 5.41) is 2.84. The van der Waals surface area contributed by atoms with Crippen LogP contribution in [-0.2, 0) is 11.2 Å². The quantitative estimate of drug-likeness (QED) is 0.785. The van der Waals surface area contributed by atoms with Gasteiger partial charge in [-0.1, -0.05) is 18.2 Å². The number of rotatable bonds is 4. The van der Waals surface area contributed by atoms with Crippen LogP contribution in [0.15, 0.2) is 48.5 Å². The molecule has 1 aliphatic rings. The molecule has 1 fully saturated rings. The Morgan fingerprint density at radius 1 is 1.08 bits per heavy atom. The lowest BCUT2D eigenvalue weighted by Gasteiger charge is -2.26. The van der Waals surface area contributed by atoms with Gasteiger partial charge in [0, 0.05) is 41.5 Å². The molecule has 0 spiro atoms. The summed E-state index contributed by atoms with van der Waals surface area (Å²) in [6.45, 7) is 1.66. The maximum Gasteiger partial charge on any atom is 0.255 e. The van der Waals surface area contributed by atoms with E-state index in [1.54, 1.807) is 24.3 Å². The van der Waals surface area contributed by atoms with Gasteiger partial charge in [-0.2, -0.15) is 11.8 Å². The molecule has 0 saturated carbocycles. The van der Waals surface area contributed by atoms with Gasteiger partial charge in [0.15, 0.2) is 0 Å². The van der Waals surface area contributed by atoms with Gasteiger partial charge >= 0.3 is 0 Å². The largest absolute Gasteiger partial charge is 0.399 e. The minimum absolute atomic E-state index is 0. The fourth-order valence-electron chi connectivity index (χ4n) is 2.69. The number of thioether (sulfide) groups is 1. The van der Waals surface area contributed by atoms with Gasteiger partial charge in [0.2, 0.25) is 5.91 Å². The zero-order valence-corrected chi connectivity index (χ0v) is 15.9. The number of carbonyl (C=O) groups excluding carboxylic acids is 2. The first-order valence-electron chi connectivity index (χ1n) is 8.23. The Bertz CT molecular complexity index is 762. The number of benzene rings is 2. The molecule has 26 heavy (non-hydrogen) atoms. The van der Waals surface area contributed by atoms with Crippen LogP contribution in [0.5, 0.6) is 0 Å². The molecule has 5 nitrogen and oxygen atoms in total. The van der Waals surface area contributed by atoms with Crippen LogP contribution in [0.1, 0.15) is 15.9 Å². The first-order chi connectivity index (χ1) is 12.1. The van der Waals surface area contributed by atoms with Crippen LogP contribution in [0, 0.1) is 0 Å². The normalized spacial score (nSPS) is 13.6. The van der Waals surface area contributed by atoms with Crippen molar-refractivity contribution in [2.24, 2.45) is 0 Å². The van der Waals surface area contributed by atoms with E-state index in [1.165, 1.54) is 0 Å². The van der Waals surface area contributed by atoms with Crippen molar-refractivity contribution in [2.45, 2.75) is 6.42 Å². The van der Waals surface area contributed by atoms with Crippen LogP contribution in [-0.4, -0.2) is 41.3 Å². The highest BCUT2D eigenvalue weighted by atomic mass is 35.5. The predicted octanol–water partition coefficient (Wildman–Crippen LogP) is 3.06. The van der Waals surface area contributed by atoms with Gasteiger partial charge in [-0.05, 0) is 35.9 Å². The van der Waals surface area contributed by atoms with Gasteiger partial charge in [0.05, 0.1) is 6.42 Å². The van der Waals surface area contributed by atoms with Crippen LogP contribution in [0.4, 0.5) is 11.4 Å². The molecule has 3 rings (SSSR count). The predicted molar refractivity (Wildman–Crippen MR) is 110 cm³/mol. The Labute approximate surface area is 163 Å². The van der Waals surface area contributed by atoms with Gasteiger partial charge in [-0.15, -0.1) is 12.4 Å². The number of amides is 2. The van der Waals surface area contributed by atoms with E-state index in [9.17, 15) is 9.59 Å². The summed E-state index contributed by atoms with van der Waals surface area (Å²) in [6.07, 6.45) is 0.397. The lowest BCUT2D eigenvalue weighted by molar-refractivity contribution is -0.130. The molecule has 3 N–H and O–H groups in total. The highest BCUT2D eigenvalue weighted by Gasteiger charge is 2.16. The Morgan fingerprint density at radius 3 is 2.42 bits per heavy atom. The van der Waals surface area contributed by atoms with Crippen molar-refractivity contribution in [3.63, 3.8) is 0 Å². The van der Waals surface area contributed by atoms with E-state index in [4.69, 9.17) is 5.73 Å². The molecule has 0 atom stereocenters. The Kier molecular flexibility index (Phi) is 7.36. The third-order valence-corrected chi connectivity index (χ3v) is 5.02.